The molecule has 0 bridgehead atoms. The van der Waals surface area contributed by atoms with Crippen LogP contribution in [0.4, 0.5) is 0 Å². The Hall–Kier alpha value is -8.73. The fraction of sp³-hybridized carbons (Fsp3) is 0. The molecule has 4 heteroatoms. The summed E-state index contributed by atoms with van der Waals surface area (Å²) < 4.78 is 6.78. The standard InChI is InChI=1S/C61H39N3O/c1-3-12-40(13-4-1)43-24-26-45(27-25-43)50-18-9-19-52(39-50)60-62-59(48-35-30-44(31-36-48)41-14-5-2-6-15-41)63-61(64-60)55-22-11-23-56-57(55)54-21-10-20-53(58(54)65-56)47-33-28-46(29-34-47)51-37-32-42-16-7-8-17-49(42)38-51/h1-39H. The smallest absolute Gasteiger partial charge is 0.164 e. The van der Waals surface area contributed by atoms with Crippen molar-refractivity contribution in [2.45, 2.75) is 0 Å². The molecule has 12 aromatic rings. The van der Waals surface area contributed by atoms with Crippen LogP contribution >= 0.6 is 0 Å². The number of rotatable bonds is 8. The second kappa shape index (κ2) is 16.2. The van der Waals surface area contributed by atoms with Gasteiger partial charge in [-0.05, 0) is 79.0 Å². The Bertz CT molecular complexity index is 3670. The average molecular weight is 830 g/mol. The lowest BCUT2D eigenvalue weighted by Gasteiger charge is -2.11. The van der Waals surface area contributed by atoms with Crippen molar-refractivity contribution < 1.29 is 4.42 Å². The van der Waals surface area contributed by atoms with Crippen molar-refractivity contribution in [2.75, 3.05) is 0 Å². The van der Waals surface area contributed by atoms with Gasteiger partial charge < -0.3 is 4.42 Å². The lowest BCUT2D eigenvalue weighted by atomic mass is 9.97. The zero-order valence-electron chi connectivity index (χ0n) is 35.3. The number of benzene rings is 10. The molecular weight excluding hydrogens is 791 g/mol. The molecule has 0 saturated carbocycles. The summed E-state index contributed by atoms with van der Waals surface area (Å²) in [5.41, 5.74) is 15.6. The lowest BCUT2D eigenvalue weighted by molar-refractivity contribution is 0.670. The van der Waals surface area contributed by atoms with Crippen LogP contribution in [0.2, 0.25) is 0 Å². The van der Waals surface area contributed by atoms with Crippen LogP contribution in [-0.2, 0) is 0 Å². The molecule has 0 unspecified atom stereocenters. The van der Waals surface area contributed by atoms with Gasteiger partial charge in [0.05, 0.1) is 0 Å². The molecule has 2 aromatic heterocycles. The summed E-state index contributed by atoms with van der Waals surface area (Å²) in [6, 6.07) is 82.9. The molecule has 4 nitrogen and oxygen atoms in total. The molecule has 0 aliphatic heterocycles. The van der Waals surface area contributed by atoms with E-state index in [1.807, 2.05) is 24.3 Å². The van der Waals surface area contributed by atoms with Crippen LogP contribution in [-0.4, -0.2) is 15.0 Å². The van der Waals surface area contributed by atoms with E-state index in [-0.39, 0.29) is 0 Å². The molecule has 304 valence electrons. The van der Waals surface area contributed by atoms with Crippen molar-refractivity contribution in [3.63, 3.8) is 0 Å². The number of hydrogen-bond donors (Lipinski definition) is 0. The number of aromatic nitrogens is 3. The Morgan fingerprint density at radius 3 is 1.38 bits per heavy atom. The minimum atomic E-state index is 0.577. The molecule has 0 saturated heterocycles. The zero-order valence-corrected chi connectivity index (χ0v) is 35.3. The molecule has 0 aliphatic carbocycles. The normalized spacial score (nSPS) is 11.4. The van der Waals surface area contributed by atoms with Crippen LogP contribution in [0.25, 0.3) is 123 Å². The van der Waals surface area contributed by atoms with Gasteiger partial charge in [0.1, 0.15) is 11.2 Å². The zero-order chi connectivity index (χ0) is 43.1. The van der Waals surface area contributed by atoms with Gasteiger partial charge in [-0.25, -0.2) is 15.0 Å². The van der Waals surface area contributed by atoms with Gasteiger partial charge in [0.25, 0.3) is 0 Å². The number of nitrogens with zero attached hydrogens (tertiary/aromatic N) is 3. The van der Waals surface area contributed by atoms with Crippen LogP contribution in [0, 0.1) is 0 Å². The highest BCUT2D eigenvalue weighted by Gasteiger charge is 2.20. The van der Waals surface area contributed by atoms with Gasteiger partial charge in [0.2, 0.25) is 0 Å². The van der Waals surface area contributed by atoms with Crippen LogP contribution in [0.15, 0.2) is 241 Å². The summed E-state index contributed by atoms with van der Waals surface area (Å²) in [6.07, 6.45) is 0. The number of para-hydroxylation sites is 1. The summed E-state index contributed by atoms with van der Waals surface area (Å²) >= 11 is 0. The SMILES string of the molecule is c1ccc(-c2ccc(-c3cccc(-c4nc(-c5ccc(-c6ccccc6)cc5)nc(-c5cccc6oc7c(-c8ccc(-c9ccc%10ccccc%10c9)cc8)cccc7c56)n4)c3)cc2)cc1. The van der Waals surface area contributed by atoms with Crippen molar-refractivity contribution in [1.29, 1.82) is 0 Å². The third-order valence-corrected chi connectivity index (χ3v) is 12.4. The van der Waals surface area contributed by atoms with E-state index in [0.29, 0.717) is 17.5 Å². The molecule has 12 rings (SSSR count). The molecule has 0 aliphatic rings. The Kier molecular flexibility index (Phi) is 9.46. The van der Waals surface area contributed by atoms with E-state index in [1.165, 1.54) is 33.0 Å². The van der Waals surface area contributed by atoms with Gasteiger partial charge in [-0.3, -0.25) is 0 Å². The Morgan fingerprint density at radius 1 is 0.262 bits per heavy atom. The third kappa shape index (κ3) is 7.23. The molecule has 0 spiro atoms. The first kappa shape index (κ1) is 38.0. The van der Waals surface area contributed by atoms with Crippen LogP contribution < -0.4 is 0 Å². The maximum atomic E-state index is 6.78. The van der Waals surface area contributed by atoms with Crippen LogP contribution in [0.3, 0.4) is 0 Å². The highest BCUT2D eigenvalue weighted by Crippen LogP contribution is 2.41. The first-order chi connectivity index (χ1) is 32.2. The molecule has 10 aromatic carbocycles. The number of fused-ring (bicyclic) bond motifs is 4. The lowest BCUT2D eigenvalue weighted by Crippen LogP contribution is -2.00. The van der Waals surface area contributed by atoms with Crippen molar-refractivity contribution in [3.8, 4) is 89.8 Å². The summed E-state index contributed by atoms with van der Waals surface area (Å²) in [5, 5.41) is 4.44. The molecule has 0 fully saturated rings. The first-order valence-corrected chi connectivity index (χ1v) is 21.9. The molecule has 0 radical (unpaired) electrons. The van der Waals surface area contributed by atoms with Crippen molar-refractivity contribution in [1.82, 2.24) is 15.0 Å². The number of furan rings is 1. The van der Waals surface area contributed by atoms with Gasteiger partial charge in [0.15, 0.2) is 17.5 Å². The van der Waals surface area contributed by atoms with E-state index in [1.54, 1.807) is 0 Å². The fourth-order valence-corrected chi connectivity index (χ4v) is 8.99. The van der Waals surface area contributed by atoms with Crippen molar-refractivity contribution >= 4 is 32.7 Å². The van der Waals surface area contributed by atoms with E-state index < -0.39 is 0 Å². The molecule has 2 heterocycles. The molecule has 0 N–H and O–H groups in total. The Morgan fingerprint density at radius 2 is 0.708 bits per heavy atom. The molecular formula is C61H39N3O. The van der Waals surface area contributed by atoms with E-state index in [9.17, 15) is 0 Å². The van der Waals surface area contributed by atoms with Gasteiger partial charge >= 0.3 is 0 Å². The third-order valence-electron chi connectivity index (χ3n) is 12.4. The van der Waals surface area contributed by atoms with Gasteiger partial charge in [0, 0.05) is 33.0 Å². The van der Waals surface area contributed by atoms with Crippen molar-refractivity contribution in [2.24, 2.45) is 0 Å². The van der Waals surface area contributed by atoms with Crippen LogP contribution in [0.1, 0.15) is 0 Å². The van der Waals surface area contributed by atoms with Crippen LogP contribution in [0.5, 0.6) is 0 Å². The Labute approximate surface area is 376 Å². The fourth-order valence-electron chi connectivity index (χ4n) is 8.99. The van der Waals surface area contributed by atoms with Gasteiger partial charge in [-0.1, -0.05) is 218 Å². The maximum absolute atomic E-state index is 6.78. The summed E-state index contributed by atoms with van der Waals surface area (Å²) in [5.74, 6) is 1.77. The topological polar surface area (TPSA) is 51.8 Å². The molecule has 0 amide bonds. The van der Waals surface area contributed by atoms with E-state index in [2.05, 4.69) is 212 Å². The average Bonchev–Trinajstić information content (AvgIpc) is 3.79. The van der Waals surface area contributed by atoms with Gasteiger partial charge in [-0.15, -0.1) is 0 Å². The second-order valence-corrected chi connectivity index (χ2v) is 16.4. The maximum Gasteiger partial charge on any atom is 0.164 e. The monoisotopic (exact) mass is 829 g/mol. The summed E-state index contributed by atoms with van der Waals surface area (Å²) in [7, 11) is 0. The predicted molar refractivity (Wildman–Crippen MR) is 268 cm³/mol. The molecule has 0 atom stereocenters. The van der Waals surface area contributed by atoms with E-state index in [4.69, 9.17) is 19.4 Å². The van der Waals surface area contributed by atoms with Gasteiger partial charge in [-0.2, -0.15) is 0 Å². The highest BCUT2D eigenvalue weighted by atomic mass is 16.3. The Balaban J connectivity index is 0.959. The minimum Gasteiger partial charge on any atom is -0.455 e. The predicted octanol–water partition coefficient (Wildman–Crippen LogP) is 16.3. The van der Waals surface area contributed by atoms with Crippen molar-refractivity contribution in [3.05, 3.63) is 237 Å². The summed E-state index contributed by atoms with van der Waals surface area (Å²) in [4.78, 5) is 15.7. The molecule has 65 heavy (non-hydrogen) atoms. The number of hydrogen-bond acceptors (Lipinski definition) is 4. The quantitative estimate of drug-likeness (QED) is 0.153. The first-order valence-electron chi connectivity index (χ1n) is 21.9. The van der Waals surface area contributed by atoms with E-state index in [0.717, 1.165) is 72.0 Å². The minimum absolute atomic E-state index is 0.577. The highest BCUT2D eigenvalue weighted by molar-refractivity contribution is 6.15. The largest absolute Gasteiger partial charge is 0.455 e. The second-order valence-electron chi connectivity index (χ2n) is 16.4. The summed E-state index contributed by atoms with van der Waals surface area (Å²) in [6.45, 7) is 0. The van der Waals surface area contributed by atoms with E-state index >= 15 is 0 Å².